The second-order valence-electron chi connectivity index (χ2n) is 5.80. The molecule has 0 aliphatic carbocycles. The van der Waals surface area contributed by atoms with Crippen LogP contribution in [0.25, 0.3) is 11.1 Å². The van der Waals surface area contributed by atoms with Gasteiger partial charge in [-0.25, -0.2) is 9.78 Å². The number of hydrogen-bond donors (Lipinski definition) is 0. The minimum Gasteiger partial charge on any atom is -0.467 e. The Hall–Kier alpha value is -2.32. The number of fused-ring (bicyclic) bond motifs is 2. The second kappa shape index (κ2) is 7.13. The molecule has 4 rings (SSSR count). The van der Waals surface area contributed by atoms with Gasteiger partial charge in [0.25, 0.3) is 5.22 Å². The fraction of sp³-hybridized carbons (Fsp3) is 0.278. The van der Waals surface area contributed by atoms with Crippen LogP contribution in [0, 0.1) is 0 Å². The molecule has 2 aromatic heterocycles. The van der Waals surface area contributed by atoms with E-state index >= 15 is 0 Å². The Morgan fingerprint density at radius 1 is 1.38 bits per heavy atom. The Bertz CT molecular complexity index is 932. The van der Waals surface area contributed by atoms with Crippen molar-refractivity contribution >= 4 is 46.1 Å². The molecule has 3 heterocycles. The highest BCUT2D eigenvalue weighted by atomic mass is 32.2. The third kappa shape index (κ3) is 3.10. The molecule has 0 spiro atoms. The summed E-state index contributed by atoms with van der Waals surface area (Å²) in [7, 11) is 1.35. The number of rotatable bonds is 4. The fourth-order valence-electron chi connectivity index (χ4n) is 3.07. The van der Waals surface area contributed by atoms with Crippen LogP contribution in [-0.4, -0.2) is 41.2 Å². The zero-order chi connectivity index (χ0) is 18.1. The van der Waals surface area contributed by atoms with E-state index in [9.17, 15) is 9.59 Å². The molecule has 1 aliphatic heterocycles. The van der Waals surface area contributed by atoms with Crippen molar-refractivity contribution in [1.82, 2.24) is 9.88 Å². The molecule has 0 fully saturated rings. The van der Waals surface area contributed by atoms with Crippen LogP contribution < -0.4 is 0 Å². The molecular formula is C18H16N2O4S2. The van der Waals surface area contributed by atoms with E-state index in [4.69, 9.17) is 9.15 Å². The number of hydrogen-bond acceptors (Lipinski definition) is 7. The number of para-hydroxylation sites is 2. The average molecular weight is 388 g/mol. The maximum atomic E-state index is 12.8. The predicted molar refractivity (Wildman–Crippen MR) is 99.2 cm³/mol. The predicted octanol–water partition coefficient (Wildman–Crippen LogP) is 3.28. The molecule has 3 aromatic rings. The lowest BCUT2D eigenvalue weighted by Gasteiger charge is -2.33. The number of aromatic nitrogens is 1. The Labute approximate surface area is 158 Å². The van der Waals surface area contributed by atoms with Gasteiger partial charge in [-0.15, -0.1) is 11.3 Å². The van der Waals surface area contributed by atoms with Crippen molar-refractivity contribution in [3.05, 3.63) is 46.2 Å². The average Bonchev–Trinajstić information content (AvgIpc) is 3.30. The van der Waals surface area contributed by atoms with Crippen molar-refractivity contribution in [1.29, 1.82) is 0 Å². The number of carbonyl (C=O) groups excluding carboxylic acids is 2. The largest absolute Gasteiger partial charge is 0.467 e. The van der Waals surface area contributed by atoms with E-state index in [1.165, 1.54) is 18.9 Å². The first-order chi connectivity index (χ1) is 12.7. The lowest BCUT2D eigenvalue weighted by Crippen LogP contribution is -2.44. The zero-order valence-corrected chi connectivity index (χ0v) is 15.6. The van der Waals surface area contributed by atoms with Gasteiger partial charge in [-0.2, -0.15) is 0 Å². The van der Waals surface area contributed by atoms with Gasteiger partial charge in [0.1, 0.15) is 5.52 Å². The summed E-state index contributed by atoms with van der Waals surface area (Å²) in [6.07, 6.45) is 0.750. The fourth-order valence-corrected chi connectivity index (χ4v) is 4.70. The van der Waals surface area contributed by atoms with Crippen molar-refractivity contribution in [3.63, 3.8) is 0 Å². The molecule has 0 saturated carbocycles. The maximum Gasteiger partial charge on any atom is 0.333 e. The number of carbonyl (C=O) groups is 2. The van der Waals surface area contributed by atoms with Crippen molar-refractivity contribution in [2.24, 2.45) is 0 Å². The van der Waals surface area contributed by atoms with Crippen LogP contribution in [0.3, 0.4) is 0 Å². The van der Waals surface area contributed by atoms with Crippen molar-refractivity contribution in [2.45, 2.75) is 17.7 Å². The van der Waals surface area contributed by atoms with Gasteiger partial charge < -0.3 is 14.1 Å². The second-order valence-corrected chi connectivity index (χ2v) is 7.73. The Kier molecular flexibility index (Phi) is 4.69. The van der Waals surface area contributed by atoms with Crippen LogP contribution in [0.1, 0.15) is 16.5 Å². The molecule has 134 valence electrons. The molecule has 1 amide bonds. The number of nitrogens with zero attached hydrogens (tertiary/aromatic N) is 2. The summed E-state index contributed by atoms with van der Waals surface area (Å²) in [5.74, 6) is -0.395. The van der Waals surface area contributed by atoms with Crippen LogP contribution in [-0.2, 0) is 20.7 Å². The SMILES string of the molecule is COC(=O)C1c2ccsc2CCN1C(=O)CSc1nc2ccccc2o1. The third-order valence-electron chi connectivity index (χ3n) is 4.30. The highest BCUT2D eigenvalue weighted by molar-refractivity contribution is 7.99. The lowest BCUT2D eigenvalue weighted by atomic mass is 10.00. The molecule has 0 bridgehead atoms. The maximum absolute atomic E-state index is 12.8. The number of ether oxygens (including phenoxy) is 1. The molecule has 1 aliphatic rings. The molecule has 0 radical (unpaired) electrons. The smallest absolute Gasteiger partial charge is 0.333 e. The van der Waals surface area contributed by atoms with Gasteiger partial charge in [0.15, 0.2) is 11.6 Å². The van der Waals surface area contributed by atoms with Gasteiger partial charge in [0, 0.05) is 11.4 Å². The zero-order valence-electron chi connectivity index (χ0n) is 14.0. The molecule has 8 heteroatoms. The normalized spacial score (nSPS) is 16.5. The first-order valence-corrected chi connectivity index (χ1v) is 9.96. The molecule has 6 nitrogen and oxygen atoms in total. The number of thiophene rings is 1. The summed E-state index contributed by atoms with van der Waals surface area (Å²) >= 11 is 2.84. The molecule has 1 aromatic carbocycles. The van der Waals surface area contributed by atoms with E-state index in [0.717, 1.165) is 22.4 Å². The van der Waals surface area contributed by atoms with E-state index in [-0.39, 0.29) is 11.7 Å². The first kappa shape index (κ1) is 17.1. The van der Waals surface area contributed by atoms with E-state index in [1.54, 1.807) is 16.2 Å². The van der Waals surface area contributed by atoms with E-state index in [1.807, 2.05) is 35.7 Å². The van der Waals surface area contributed by atoms with Crippen molar-refractivity contribution < 1.29 is 18.7 Å². The van der Waals surface area contributed by atoms with Crippen molar-refractivity contribution in [3.8, 4) is 0 Å². The molecule has 1 unspecified atom stereocenters. The van der Waals surface area contributed by atoms with Gasteiger partial charge in [-0.05, 0) is 35.6 Å². The number of methoxy groups -OCH3 is 1. The Morgan fingerprint density at radius 3 is 3.04 bits per heavy atom. The first-order valence-electron chi connectivity index (χ1n) is 8.09. The van der Waals surface area contributed by atoms with Gasteiger partial charge in [0.2, 0.25) is 5.91 Å². The van der Waals surface area contributed by atoms with E-state index in [2.05, 4.69) is 4.98 Å². The summed E-state index contributed by atoms with van der Waals surface area (Å²) in [5, 5.41) is 2.39. The minimum atomic E-state index is -0.674. The molecule has 26 heavy (non-hydrogen) atoms. The van der Waals surface area contributed by atoms with Crippen LogP contribution in [0.2, 0.25) is 0 Å². The van der Waals surface area contributed by atoms with Gasteiger partial charge in [-0.3, -0.25) is 4.79 Å². The Morgan fingerprint density at radius 2 is 2.23 bits per heavy atom. The van der Waals surface area contributed by atoms with Gasteiger partial charge in [0.05, 0.1) is 12.9 Å². The number of thioether (sulfide) groups is 1. The number of benzene rings is 1. The molecule has 0 saturated heterocycles. The standard InChI is InChI=1S/C18H16N2O4S2/c1-23-17(22)16-11-7-9-25-14(11)6-8-20(16)15(21)10-26-18-19-12-4-2-3-5-13(12)24-18/h2-5,7,9,16H,6,8,10H2,1H3. The Balaban J connectivity index is 1.50. The molecule has 1 atom stereocenters. The van der Waals surface area contributed by atoms with Crippen LogP contribution in [0.5, 0.6) is 0 Å². The number of amides is 1. The third-order valence-corrected chi connectivity index (χ3v) is 6.11. The van der Waals surface area contributed by atoms with Crippen molar-refractivity contribution in [2.75, 3.05) is 19.4 Å². The van der Waals surface area contributed by atoms with Crippen LogP contribution in [0.4, 0.5) is 0 Å². The topological polar surface area (TPSA) is 72.6 Å². The summed E-state index contributed by atoms with van der Waals surface area (Å²) in [6.45, 7) is 0.500. The number of esters is 1. The van der Waals surface area contributed by atoms with E-state index < -0.39 is 12.0 Å². The highest BCUT2D eigenvalue weighted by Crippen LogP contribution is 2.35. The van der Waals surface area contributed by atoms with E-state index in [0.29, 0.717) is 17.4 Å². The summed E-state index contributed by atoms with van der Waals surface area (Å²) in [6, 6.07) is 8.68. The quantitative estimate of drug-likeness (QED) is 0.504. The summed E-state index contributed by atoms with van der Waals surface area (Å²) in [5.41, 5.74) is 2.32. The summed E-state index contributed by atoms with van der Waals surface area (Å²) < 4.78 is 10.6. The van der Waals surface area contributed by atoms with Gasteiger partial charge in [-0.1, -0.05) is 23.9 Å². The van der Waals surface area contributed by atoms with Crippen LogP contribution >= 0.6 is 23.1 Å². The lowest BCUT2D eigenvalue weighted by molar-refractivity contribution is -0.153. The summed E-state index contributed by atoms with van der Waals surface area (Å²) in [4.78, 5) is 32.2. The number of oxazole rings is 1. The van der Waals surface area contributed by atoms with Crippen LogP contribution in [0.15, 0.2) is 45.4 Å². The van der Waals surface area contributed by atoms with Gasteiger partial charge >= 0.3 is 5.97 Å². The molecule has 0 N–H and O–H groups in total. The molecular weight excluding hydrogens is 372 g/mol. The monoisotopic (exact) mass is 388 g/mol. The minimum absolute atomic E-state index is 0.135. The highest BCUT2D eigenvalue weighted by Gasteiger charge is 2.37.